The molecule has 1 aromatic carbocycles. The van der Waals surface area contributed by atoms with Crippen molar-refractivity contribution in [3.8, 4) is 0 Å². The minimum absolute atomic E-state index is 0.107. The lowest BCUT2D eigenvalue weighted by Gasteiger charge is -2.21. The third-order valence-corrected chi connectivity index (χ3v) is 2.84. The van der Waals surface area contributed by atoms with Gasteiger partial charge in [-0.1, -0.05) is 6.07 Å². The number of aliphatic hydroxyl groups is 1. The van der Waals surface area contributed by atoms with Crippen LogP contribution in [-0.2, 0) is 0 Å². The normalized spacial score (nSPS) is 11.2. The van der Waals surface area contributed by atoms with E-state index in [1.807, 2.05) is 0 Å². The molecule has 0 unspecified atom stereocenters. The molecule has 0 aliphatic rings. The van der Waals surface area contributed by atoms with E-state index in [2.05, 4.69) is 4.98 Å². The first-order valence-corrected chi connectivity index (χ1v) is 5.88. The predicted molar refractivity (Wildman–Crippen MR) is 67.3 cm³/mol. The first kappa shape index (κ1) is 13.5. The van der Waals surface area contributed by atoms with Crippen molar-refractivity contribution in [2.75, 3.05) is 19.7 Å². The van der Waals surface area contributed by atoms with E-state index in [1.165, 1.54) is 0 Å². The van der Waals surface area contributed by atoms with E-state index in [9.17, 15) is 13.6 Å². The van der Waals surface area contributed by atoms with E-state index in [-0.39, 0.29) is 13.2 Å². The molecular weight excluding hydrogens is 254 g/mol. The maximum Gasteiger partial charge on any atom is 0.255 e. The van der Waals surface area contributed by atoms with Gasteiger partial charge in [0, 0.05) is 29.2 Å². The highest BCUT2D eigenvalue weighted by molar-refractivity contribution is 6.06. The van der Waals surface area contributed by atoms with Crippen molar-refractivity contribution in [3.05, 3.63) is 36.0 Å². The van der Waals surface area contributed by atoms with Crippen LogP contribution >= 0.6 is 0 Å². The summed E-state index contributed by atoms with van der Waals surface area (Å²) in [5, 5.41) is 9.56. The number of aromatic nitrogens is 1. The molecule has 102 valence electrons. The molecule has 0 aliphatic carbocycles. The average molecular weight is 268 g/mol. The highest BCUT2D eigenvalue weighted by atomic mass is 19.3. The number of fused-ring (bicyclic) bond motifs is 1. The minimum Gasteiger partial charge on any atom is -0.395 e. The van der Waals surface area contributed by atoms with Crippen molar-refractivity contribution in [3.63, 3.8) is 0 Å². The second kappa shape index (κ2) is 5.79. The average Bonchev–Trinajstić information content (AvgIpc) is 2.85. The van der Waals surface area contributed by atoms with E-state index in [4.69, 9.17) is 5.11 Å². The largest absolute Gasteiger partial charge is 0.395 e. The first-order valence-electron chi connectivity index (χ1n) is 5.88. The van der Waals surface area contributed by atoms with Gasteiger partial charge in [0.2, 0.25) is 0 Å². The van der Waals surface area contributed by atoms with Crippen molar-refractivity contribution in [1.82, 2.24) is 9.88 Å². The standard InChI is InChI=1S/C13H14F2N2O2/c14-12(15)8-17(6-7-18)13(19)10-2-1-3-11-9(10)4-5-16-11/h1-5,12,16,18H,6-8H2. The molecule has 1 heterocycles. The second-order valence-electron chi connectivity index (χ2n) is 4.11. The minimum atomic E-state index is -2.62. The van der Waals surface area contributed by atoms with Gasteiger partial charge in [-0.25, -0.2) is 8.78 Å². The Morgan fingerprint density at radius 2 is 2.16 bits per heavy atom. The van der Waals surface area contributed by atoms with E-state index in [0.717, 1.165) is 10.4 Å². The fourth-order valence-electron chi connectivity index (χ4n) is 2.01. The number of rotatable bonds is 5. The number of alkyl halides is 2. The van der Waals surface area contributed by atoms with Crippen LogP contribution in [0.25, 0.3) is 10.9 Å². The maximum absolute atomic E-state index is 12.5. The Morgan fingerprint density at radius 3 is 2.84 bits per heavy atom. The lowest BCUT2D eigenvalue weighted by Crippen LogP contribution is -2.37. The number of H-pyrrole nitrogens is 1. The number of aliphatic hydroxyl groups excluding tert-OH is 1. The Hall–Kier alpha value is -1.95. The predicted octanol–water partition coefficient (Wildman–Crippen LogP) is 1.87. The Morgan fingerprint density at radius 1 is 1.37 bits per heavy atom. The molecule has 4 nitrogen and oxygen atoms in total. The molecule has 0 spiro atoms. The molecule has 0 fully saturated rings. The lowest BCUT2D eigenvalue weighted by molar-refractivity contribution is 0.0511. The summed E-state index contributed by atoms with van der Waals surface area (Å²) in [6.07, 6.45) is -0.939. The van der Waals surface area contributed by atoms with Gasteiger partial charge in [0.25, 0.3) is 12.3 Å². The summed E-state index contributed by atoms with van der Waals surface area (Å²) < 4.78 is 24.9. The van der Waals surface area contributed by atoms with Crippen LogP contribution in [0.4, 0.5) is 8.78 Å². The third kappa shape index (κ3) is 2.90. The SMILES string of the molecule is O=C(c1cccc2[nH]ccc12)N(CCO)CC(F)F. The summed E-state index contributed by atoms with van der Waals surface area (Å²) in [5.41, 5.74) is 1.12. The molecule has 1 amide bonds. The Labute approximate surface area is 108 Å². The van der Waals surface area contributed by atoms with Crippen LogP contribution in [0, 0.1) is 0 Å². The van der Waals surface area contributed by atoms with Gasteiger partial charge in [-0.2, -0.15) is 0 Å². The highest BCUT2D eigenvalue weighted by Gasteiger charge is 2.21. The number of hydrogen-bond donors (Lipinski definition) is 2. The van der Waals surface area contributed by atoms with Gasteiger partial charge in [0.05, 0.1) is 13.2 Å². The zero-order valence-corrected chi connectivity index (χ0v) is 10.1. The summed E-state index contributed by atoms with van der Waals surface area (Å²) in [7, 11) is 0. The second-order valence-corrected chi connectivity index (χ2v) is 4.11. The molecular formula is C13H14F2N2O2. The Kier molecular flexibility index (Phi) is 4.11. The number of nitrogens with one attached hydrogen (secondary N) is 1. The van der Waals surface area contributed by atoms with E-state index < -0.39 is 18.9 Å². The molecule has 2 rings (SSSR count). The van der Waals surface area contributed by atoms with Crippen molar-refractivity contribution < 1.29 is 18.7 Å². The maximum atomic E-state index is 12.5. The number of carbonyl (C=O) groups excluding carboxylic acids is 1. The molecule has 0 radical (unpaired) electrons. The van der Waals surface area contributed by atoms with Gasteiger partial charge < -0.3 is 15.0 Å². The van der Waals surface area contributed by atoms with Crippen molar-refractivity contribution >= 4 is 16.8 Å². The number of carbonyl (C=O) groups is 1. The molecule has 6 heteroatoms. The van der Waals surface area contributed by atoms with Crippen LogP contribution < -0.4 is 0 Å². The molecule has 1 aromatic heterocycles. The van der Waals surface area contributed by atoms with Crippen LogP contribution in [0.15, 0.2) is 30.5 Å². The fraction of sp³-hybridized carbons (Fsp3) is 0.308. The molecule has 19 heavy (non-hydrogen) atoms. The first-order chi connectivity index (χ1) is 9.13. The van der Waals surface area contributed by atoms with Crippen molar-refractivity contribution in [2.45, 2.75) is 6.43 Å². The lowest BCUT2D eigenvalue weighted by atomic mass is 10.1. The summed E-state index contributed by atoms with van der Waals surface area (Å²) >= 11 is 0. The summed E-state index contributed by atoms with van der Waals surface area (Å²) in [4.78, 5) is 16.2. The summed E-state index contributed by atoms with van der Waals surface area (Å²) in [6, 6.07) is 6.80. The number of nitrogens with zero attached hydrogens (tertiary/aromatic N) is 1. The van der Waals surface area contributed by atoms with Crippen molar-refractivity contribution in [1.29, 1.82) is 0 Å². The molecule has 0 aliphatic heterocycles. The van der Waals surface area contributed by atoms with Gasteiger partial charge in [0.1, 0.15) is 0 Å². The van der Waals surface area contributed by atoms with Crippen LogP contribution in [-0.4, -0.2) is 47.0 Å². The number of aromatic amines is 1. The zero-order valence-electron chi connectivity index (χ0n) is 10.1. The zero-order chi connectivity index (χ0) is 13.8. The molecule has 0 atom stereocenters. The van der Waals surface area contributed by atoms with Crippen LogP contribution in [0.3, 0.4) is 0 Å². The van der Waals surface area contributed by atoms with E-state index in [0.29, 0.717) is 10.9 Å². The Bertz CT molecular complexity index is 569. The molecule has 2 N–H and O–H groups in total. The van der Waals surface area contributed by atoms with Gasteiger partial charge >= 0.3 is 0 Å². The highest BCUT2D eigenvalue weighted by Crippen LogP contribution is 2.19. The van der Waals surface area contributed by atoms with Gasteiger partial charge in [-0.15, -0.1) is 0 Å². The van der Waals surface area contributed by atoms with Crippen molar-refractivity contribution in [2.24, 2.45) is 0 Å². The van der Waals surface area contributed by atoms with Gasteiger partial charge in [0.15, 0.2) is 0 Å². The van der Waals surface area contributed by atoms with Crippen LogP contribution in [0.1, 0.15) is 10.4 Å². The Balaban J connectivity index is 2.32. The third-order valence-electron chi connectivity index (χ3n) is 2.84. The van der Waals surface area contributed by atoms with Gasteiger partial charge in [-0.3, -0.25) is 4.79 Å². The van der Waals surface area contributed by atoms with E-state index >= 15 is 0 Å². The van der Waals surface area contributed by atoms with Crippen LogP contribution in [0.2, 0.25) is 0 Å². The molecule has 0 bridgehead atoms. The molecule has 0 saturated heterocycles. The topological polar surface area (TPSA) is 56.3 Å². The number of halogens is 2. The monoisotopic (exact) mass is 268 g/mol. The number of hydrogen-bond acceptors (Lipinski definition) is 2. The summed E-state index contributed by atoms with van der Waals surface area (Å²) in [5.74, 6) is -0.500. The fourth-order valence-corrected chi connectivity index (χ4v) is 2.01. The van der Waals surface area contributed by atoms with Gasteiger partial charge in [-0.05, 0) is 18.2 Å². The smallest absolute Gasteiger partial charge is 0.255 e. The molecule has 0 saturated carbocycles. The summed E-state index contributed by atoms with van der Waals surface area (Å²) in [6.45, 7) is -1.13. The quantitative estimate of drug-likeness (QED) is 0.869. The number of benzene rings is 1. The molecule has 2 aromatic rings. The van der Waals surface area contributed by atoms with E-state index in [1.54, 1.807) is 30.5 Å². The number of amides is 1. The van der Waals surface area contributed by atoms with Crippen LogP contribution in [0.5, 0.6) is 0 Å².